The fourth-order valence-corrected chi connectivity index (χ4v) is 5.41. The van der Waals surface area contributed by atoms with E-state index >= 15 is 0 Å². The van der Waals surface area contributed by atoms with Crippen molar-refractivity contribution in [1.82, 2.24) is 21.3 Å². The van der Waals surface area contributed by atoms with Gasteiger partial charge in [-0.2, -0.15) is 11.8 Å². The lowest BCUT2D eigenvalue weighted by Crippen LogP contribution is -2.36. The van der Waals surface area contributed by atoms with Crippen molar-refractivity contribution in [3.63, 3.8) is 0 Å². The zero-order valence-electron chi connectivity index (χ0n) is 19.6. The number of ether oxygens (including phenoxy) is 2. The van der Waals surface area contributed by atoms with Crippen molar-refractivity contribution >= 4 is 29.6 Å². The summed E-state index contributed by atoms with van der Waals surface area (Å²) in [6.45, 7) is 7.73. The normalized spacial score (nSPS) is 23.7. The highest BCUT2D eigenvalue weighted by Gasteiger charge is 2.42. The van der Waals surface area contributed by atoms with Crippen LogP contribution in [0.25, 0.3) is 0 Å². The molecule has 32 heavy (non-hydrogen) atoms. The van der Waals surface area contributed by atoms with Gasteiger partial charge in [0.2, 0.25) is 11.8 Å². The maximum absolute atomic E-state index is 12.0. The molecule has 0 saturated carbocycles. The zero-order valence-corrected chi connectivity index (χ0v) is 20.4. The van der Waals surface area contributed by atoms with Crippen molar-refractivity contribution < 1.29 is 23.9 Å². The molecule has 0 radical (unpaired) electrons. The van der Waals surface area contributed by atoms with Gasteiger partial charge >= 0.3 is 6.03 Å². The highest BCUT2D eigenvalue weighted by Crippen LogP contribution is 2.33. The smallest absolute Gasteiger partial charge is 0.315 e. The minimum atomic E-state index is -0.0515. The molecule has 2 aliphatic heterocycles. The molecule has 184 valence electrons. The molecular weight excluding hydrogens is 432 g/mol. The number of unbranched alkanes of at least 4 members (excludes halogenated alkanes) is 1. The van der Waals surface area contributed by atoms with Gasteiger partial charge in [0, 0.05) is 44.0 Å². The first-order chi connectivity index (χ1) is 15.3. The molecular formula is C22H40N4O5S. The molecule has 2 rings (SSSR count). The fraction of sp³-hybridized carbons (Fsp3) is 0.864. The topological polar surface area (TPSA) is 118 Å². The van der Waals surface area contributed by atoms with Crippen LogP contribution in [0.1, 0.15) is 59.3 Å². The van der Waals surface area contributed by atoms with Crippen molar-refractivity contribution in [3.8, 4) is 0 Å². The molecule has 5 atom stereocenters. The van der Waals surface area contributed by atoms with Crippen LogP contribution in [0.5, 0.6) is 0 Å². The molecule has 2 fully saturated rings. The third kappa shape index (κ3) is 10.4. The van der Waals surface area contributed by atoms with E-state index in [1.807, 2.05) is 25.6 Å². The van der Waals surface area contributed by atoms with Crippen molar-refractivity contribution in [2.45, 2.75) is 88.8 Å². The minimum absolute atomic E-state index is 0.0512. The molecule has 0 aromatic heterocycles. The Bertz CT molecular complexity index is 609. The van der Waals surface area contributed by atoms with Gasteiger partial charge in [-0.1, -0.05) is 6.42 Å². The Hall–Kier alpha value is -1.52. The number of thioether (sulfide) groups is 1. The summed E-state index contributed by atoms with van der Waals surface area (Å²) in [5.74, 6) is 1.01. The molecule has 0 spiro atoms. The first-order valence-corrected chi connectivity index (χ1v) is 12.8. The predicted molar refractivity (Wildman–Crippen MR) is 126 cm³/mol. The molecule has 4 N–H and O–H groups in total. The quantitative estimate of drug-likeness (QED) is 0.200. The molecule has 4 amide bonds. The zero-order chi connectivity index (χ0) is 23.3. The van der Waals surface area contributed by atoms with Gasteiger partial charge in [-0.05, 0) is 39.5 Å². The van der Waals surface area contributed by atoms with Gasteiger partial charge in [-0.25, -0.2) is 4.79 Å². The number of amides is 4. The first-order valence-electron chi connectivity index (χ1n) is 11.8. The van der Waals surface area contributed by atoms with E-state index in [-0.39, 0.29) is 42.1 Å². The molecule has 2 unspecified atom stereocenters. The average Bonchev–Trinajstić information content (AvgIpc) is 3.28. The van der Waals surface area contributed by atoms with Crippen LogP contribution in [0, 0.1) is 0 Å². The molecule has 0 aromatic rings. The maximum atomic E-state index is 12.0. The molecule has 0 bridgehead atoms. The number of carbonyl (C=O) groups is 3. The Morgan fingerprint density at radius 2 is 1.81 bits per heavy atom. The van der Waals surface area contributed by atoms with Crippen LogP contribution in [-0.2, 0) is 19.1 Å². The second-order valence-corrected chi connectivity index (χ2v) is 9.91. The molecule has 2 saturated heterocycles. The summed E-state index contributed by atoms with van der Waals surface area (Å²) in [7, 11) is 0. The summed E-state index contributed by atoms with van der Waals surface area (Å²) in [5.41, 5.74) is 0. The molecule has 0 aliphatic carbocycles. The Labute approximate surface area is 195 Å². The number of rotatable bonds is 16. The first kappa shape index (κ1) is 26.7. The lowest BCUT2D eigenvalue weighted by atomic mass is 10.0. The second kappa shape index (κ2) is 14.6. The van der Waals surface area contributed by atoms with Crippen molar-refractivity contribution in [1.29, 1.82) is 0 Å². The summed E-state index contributed by atoms with van der Waals surface area (Å²) in [5, 5.41) is 12.1. The number of fused-ring (bicyclic) bond motifs is 1. The number of carbonyl (C=O) groups excluding carboxylic acids is 3. The molecule has 2 aliphatic rings. The second-order valence-electron chi connectivity index (χ2n) is 8.64. The van der Waals surface area contributed by atoms with Gasteiger partial charge < -0.3 is 30.7 Å². The standard InChI is InChI=1S/C22H40N4O5S/c1-15(30-12-9-16(2)31-13-11-23-17(3)27)8-10-24-20(28)7-5-4-6-19-21-18(14-32-19)25-22(29)26-21/h15-16,18-19,21H,4-14H2,1-3H3,(H,23,27)(H,24,28)(H2,25,26,29)/t15?,16?,18-,19-,21-/m0/s1. The van der Waals surface area contributed by atoms with Crippen LogP contribution < -0.4 is 21.3 Å². The molecule has 2 heterocycles. The minimum Gasteiger partial charge on any atom is -0.378 e. The molecule has 10 heteroatoms. The van der Waals surface area contributed by atoms with Crippen LogP contribution in [-0.4, -0.2) is 79.4 Å². The highest BCUT2D eigenvalue weighted by molar-refractivity contribution is 8.00. The average molecular weight is 473 g/mol. The third-order valence-electron chi connectivity index (χ3n) is 5.76. The number of hydrogen-bond acceptors (Lipinski definition) is 6. The summed E-state index contributed by atoms with van der Waals surface area (Å²) in [4.78, 5) is 34.3. The van der Waals surface area contributed by atoms with Gasteiger partial charge in [-0.15, -0.1) is 0 Å². The van der Waals surface area contributed by atoms with Crippen LogP contribution in [0.15, 0.2) is 0 Å². The van der Waals surface area contributed by atoms with Crippen molar-refractivity contribution in [2.75, 3.05) is 32.1 Å². The van der Waals surface area contributed by atoms with Crippen LogP contribution in [0.2, 0.25) is 0 Å². The summed E-state index contributed by atoms with van der Waals surface area (Å²) >= 11 is 1.91. The summed E-state index contributed by atoms with van der Waals surface area (Å²) in [6, 6.07) is 0.446. The maximum Gasteiger partial charge on any atom is 0.315 e. The van der Waals surface area contributed by atoms with Crippen LogP contribution in [0.4, 0.5) is 4.79 Å². The van der Waals surface area contributed by atoms with E-state index in [1.165, 1.54) is 6.92 Å². The molecule has 9 nitrogen and oxygen atoms in total. The summed E-state index contributed by atoms with van der Waals surface area (Å²) < 4.78 is 11.4. The van der Waals surface area contributed by atoms with E-state index in [4.69, 9.17) is 9.47 Å². The summed E-state index contributed by atoms with van der Waals surface area (Å²) in [6.07, 6.45) is 5.15. The van der Waals surface area contributed by atoms with Crippen molar-refractivity contribution in [3.05, 3.63) is 0 Å². The number of hydrogen-bond donors (Lipinski definition) is 4. The Balaban J connectivity index is 1.41. The van der Waals surface area contributed by atoms with E-state index in [9.17, 15) is 14.4 Å². The Morgan fingerprint density at radius 3 is 2.59 bits per heavy atom. The van der Waals surface area contributed by atoms with Gasteiger partial charge in [0.25, 0.3) is 0 Å². The van der Waals surface area contributed by atoms with Gasteiger partial charge in [-0.3, -0.25) is 9.59 Å². The van der Waals surface area contributed by atoms with E-state index in [0.717, 1.165) is 37.9 Å². The SMILES string of the molecule is CC(=O)NCCOC(C)CCOC(C)CCNC(=O)CCCC[C@@H]1SC[C@@H]2NC(=O)N[C@@H]21. The number of urea groups is 1. The number of nitrogens with one attached hydrogen (secondary N) is 4. The largest absolute Gasteiger partial charge is 0.378 e. The highest BCUT2D eigenvalue weighted by atomic mass is 32.2. The van der Waals surface area contributed by atoms with E-state index < -0.39 is 0 Å². The lowest BCUT2D eigenvalue weighted by Gasteiger charge is -2.17. The van der Waals surface area contributed by atoms with Crippen LogP contribution in [0.3, 0.4) is 0 Å². The molecule has 0 aromatic carbocycles. The van der Waals surface area contributed by atoms with Crippen molar-refractivity contribution in [2.24, 2.45) is 0 Å². The van der Waals surface area contributed by atoms with Crippen LogP contribution >= 0.6 is 11.8 Å². The Kier molecular flexibility index (Phi) is 12.2. The van der Waals surface area contributed by atoms with Gasteiger partial charge in [0.05, 0.1) is 30.9 Å². The van der Waals surface area contributed by atoms with E-state index in [1.54, 1.807) is 0 Å². The van der Waals surface area contributed by atoms with Gasteiger partial charge in [0.15, 0.2) is 0 Å². The van der Waals surface area contributed by atoms with E-state index in [2.05, 4.69) is 21.3 Å². The fourth-order valence-electron chi connectivity index (χ4n) is 3.87. The Morgan fingerprint density at radius 1 is 1.06 bits per heavy atom. The predicted octanol–water partition coefficient (Wildman–Crippen LogP) is 1.55. The monoisotopic (exact) mass is 472 g/mol. The van der Waals surface area contributed by atoms with Gasteiger partial charge in [0.1, 0.15) is 0 Å². The lowest BCUT2D eigenvalue weighted by molar-refractivity contribution is -0.121. The third-order valence-corrected chi connectivity index (χ3v) is 7.27. The van der Waals surface area contributed by atoms with E-state index in [0.29, 0.717) is 38.0 Å².